The molecular weight excluding hydrogens is 408 g/mol. The largest absolute Gasteiger partial charge is 0.337 e. The predicted octanol–water partition coefficient (Wildman–Crippen LogP) is 1.35. The zero-order chi connectivity index (χ0) is 22.3. The lowest BCUT2D eigenvalue weighted by Gasteiger charge is -2.33. The fourth-order valence-electron chi connectivity index (χ4n) is 4.05. The highest BCUT2D eigenvalue weighted by Crippen LogP contribution is 2.36. The van der Waals surface area contributed by atoms with Crippen molar-refractivity contribution in [3.05, 3.63) is 29.8 Å². The Morgan fingerprint density at radius 1 is 1.33 bits per heavy atom. The van der Waals surface area contributed by atoms with E-state index in [-0.39, 0.29) is 17.3 Å². The fourth-order valence-corrected chi connectivity index (χ4v) is 4.62. The summed E-state index contributed by atoms with van der Waals surface area (Å²) in [5, 5.41) is 7.99. The van der Waals surface area contributed by atoms with E-state index in [0.717, 1.165) is 17.7 Å². The highest BCUT2D eigenvalue weighted by atomic mass is 32.2. The van der Waals surface area contributed by atoms with E-state index in [1.165, 1.54) is 17.0 Å². The minimum atomic E-state index is -3.87. The van der Waals surface area contributed by atoms with Gasteiger partial charge >= 0.3 is 6.03 Å². The molecule has 1 saturated heterocycles. The molecule has 2 aliphatic rings. The Bertz CT molecular complexity index is 969. The second-order valence-corrected chi connectivity index (χ2v) is 9.95. The third kappa shape index (κ3) is 4.20. The molecule has 9 nitrogen and oxygen atoms in total. The van der Waals surface area contributed by atoms with Crippen LogP contribution in [0.1, 0.15) is 51.1 Å². The highest BCUT2D eigenvalue weighted by Gasteiger charge is 2.52. The summed E-state index contributed by atoms with van der Waals surface area (Å²) < 4.78 is 23.2. The van der Waals surface area contributed by atoms with Crippen molar-refractivity contribution in [1.82, 2.24) is 15.1 Å². The maximum atomic E-state index is 12.9. The molecule has 1 aromatic carbocycles. The lowest BCUT2D eigenvalue weighted by atomic mass is 9.77. The molecule has 3 rings (SSSR count). The normalized spacial score (nSPS) is 25.3. The molecule has 1 aliphatic carbocycles. The van der Waals surface area contributed by atoms with Crippen molar-refractivity contribution in [2.24, 2.45) is 11.1 Å². The molecule has 3 N–H and O–H groups in total. The minimum Gasteiger partial charge on any atom is -0.337 e. The van der Waals surface area contributed by atoms with E-state index in [1.807, 2.05) is 0 Å². The second-order valence-electron chi connectivity index (χ2n) is 8.38. The molecule has 2 fully saturated rings. The highest BCUT2D eigenvalue weighted by molar-refractivity contribution is 7.89. The van der Waals surface area contributed by atoms with Gasteiger partial charge in [-0.05, 0) is 56.2 Å². The Kier molecular flexibility index (Phi) is 5.92. The zero-order valence-electron chi connectivity index (χ0n) is 17.4. The Labute approximate surface area is 176 Å². The van der Waals surface area contributed by atoms with E-state index < -0.39 is 33.5 Å². The van der Waals surface area contributed by atoms with Crippen LogP contribution in [0.15, 0.2) is 29.2 Å². The molecular formula is C20H28N4O5S. The number of hydrogen-bond acceptors (Lipinski definition) is 5. The lowest BCUT2D eigenvalue weighted by molar-refractivity contribution is -0.140. The third-order valence-corrected chi connectivity index (χ3v) is 7.22. The first kappa shape index (κ1) is 22.2. The van der Waals surface area contributed by atoms with E-state index in [2.05, 4.69) is 12.2 Å². The molecule has 1 atom stereocenters. The fraction of sp³-hybridized carbons (Fsp3) is 0.550. The SMILES string of the molecule is CC1CCC2(CC1)NC(=O)N(CC(=O)N(C)C(C)c1cccc(S(N)(=O)=O)c1)C2=O. The molecule has 30 heavy (non-hydrogen) atoms. The first-order valence-corrected chi connectivity index (χ1v) is 11.5. The predicted molar refractivity (Wildman–Crippen MR) is 110 cm³/mol. The monoisotopic (exact) mass is 436 g/mol. The quantitative estimate of drug-likeness (QED) is 0.673. The number of benzene rings is 1. The van der Waals surface area contributed by atoms with Gasteiger partial charge in [0.1, 0.15) is 12.1 Å². The number of hydrogen-bond donors (Lipinski definition) is 2. The summed E-state index contributed by atoms with van der Waals surface area (Å²) in [5.74, 6) is -0.255. The van der Waals surface area contributed by atoms with E-state index in [1.54, 1.807) is 26.1 Å². The van der Waals surface area contributed by atoms with Gasteiger partial charge in [0, 0.05) is 7.05 Å². The Morgan fingerprint density at radius 3 is 2.57 bits per heavy atom. The smallest absolute Gasteiger partial charge is 0.325 e. The molecule has 0 bridgehead atoms. The van der Waals surface area contributed by atoms with Crippen molar-refractivity contribution in [3.8, 4) is 0 Å². The van der Waals surface area contributed by atoms with Crippen molar-refractivity contribution in [1.29, 1.82) is 0 Å². The number of nitrogens with two attached hydrogens (primary N) is 1. The van der Waals surface area contributed by atoms with Crippen LogP contribution in [-0.2, 0) is 19.6 Å². The second kappa shape index (κ2) is 7.99. The molecule has 1 heterocycles. The minimum absolute atomic E-state index is 0.0460. The van der Waals surface area contributed by atoms with Crippen LogP contribution in [0.5, 0.6) is 0 Å². The van der Waals surface area contributed by atoms with Gasteiger partial charge in [0.25, 0.3) is 5.91 Å². The number of carbonyl (C=O) groups is 3. The van der Waals surface area contributed by atoms with Crippen molar-refractivity contribution < 1.29 is 22.8 Å². The summed E-state index contributed by atoms with van der Waals surface area (Å²) in [4.78, 5) is 40.5. The lowest BCUT2D eigenvalue weighted by Crippen LogP contribution is -2.50. The molecule has 1 saturated carbocycles. The summed E-state index contributed by atoms with van der Waals surface area (Å²) in [6, 6.07) is 5.01. The van der Waals surface area contributed by atoms with Crippen LogP contribution in [0.4, 0.5) is 4.79 Å². The number of imide groups is 1. The molecule has 1 unspecified atom stereocenters. The number of rotatable bonds is 5. The number of nitrogens with one attached hydrogen (secondary N) is 1. The van der Waals surface area contributed by atoms with E-state index >= 15 is 0 Å². The van der Waals surface area contributed by atoms with Gasteiger partial charge in [-0.2, -0.15) is 0 Å². The van der Waals surface area contributed by atoms with Crippen LogP contribution >= 0.6 is 0 Å². The van der Waals surface area contributed by atoms with Crippen molar-refractivity contribution in [2.45, 2.75) is 56.0 Å². The van der Waals surface area contributed by atoms with E-state index in [9.17, 15) is 22.8 Å². The van der Waals surface area contributed by atoms with Crippen LogP contribution < -0.4 is 10.5 Å². The maximum Gasteiger partial charge on any atom is 0.325 e. The molecule has 1 spiro atoms. The molecule has 164 valence electrons. The number of carbonyl (C=O) groups excluding carboxylic acids is 3. The van der Waals surface area contributed by atoms with Crippen molar-refractivity contribution >= 4 is 27.9 Å². The summed E-state index contributed by atoms with van der Waals surface area (Å²) in [7, 11) is -2.32. The Morgan fingerprint density at radius 2 is 1.97 bits per heavy atom. The van der Waals surface area contributed by atoms with Crippen LogP contribution in [0.2, 0.25) is 0 Å². The van der Waals surface area contributed by atoms with Gasteiger partial charge in [0.2, 0.25) is 15.9 Å². The van der Waals surface area contributed by atoms with Crippen LogP contribution in [0.3, 0.4) is 0 Å². The number of amides is 4. The number of likely N-dealkylation sites (N-methyl/N-ethyl adjacent to an activating group) is 1. The average molecular weight is 437 g/mol. The zero-order valence-corrected chi connectivity index (χ0v) is 18.2. The van der Waals surface area contributed by atoms with Gasteiger partial charge in [-0.15, -0.1) is 0 Å². The van der Waals surface area contributed by atoms with Crippen molar-refractivity contribution in [2.75, 3.05) is 13.6 Å². The molecule has 4 amide bonds. The standard InChI is InChI=1S/C20H28N4O5S/c1-13-7-9-20(10-8-13)18(26)24(19(27)22-20)12-17(25)23(3)14(2)15-5-4-6-16(11-15)30(21,28)29/h4-6,11,13-14H,7-10,12H2,1-3H3,(H,22,27)(H2,21,28,29). The number of sulfonamides is 1. The summed E-state index contributed by atoms with van der Waals surface area (Å²) >= 11 is 0. The van der Waals surface area contributed by atoms with Crippen molar-refractivity contribution in [3.63, 3.8) is 0 Å². The van der Waals surface area contributed by atoms with Crippen LogP contribution in [0, 0.1) is 5.92 Å². The van der Waals surface area contributed by atoms with Gasteiger partial charge in [-0.1, -0.05) is 19.1 Å². The van der Waals surface area contributed by atoms with E-state index in [4.69, 9.17) is 5.14 Å². The third-order valence-electron chi connectivity index (χ3n) is 6.31. The van der Waals surface area contributed by atoms with Gasteiger partial charge in [0.05, 0.1) is 10.9 Å². The van der Waals surface area contributed by atoms with Gasteiger partial charge in [0.15, 0.2) is 0 Å². The number of primary sulfonamides is 1. The molecule has 0 radical (unpaired) electrons. The van der Waals surface area contributed by atoms with Gasteiger partial charge < -0.3 is 10.2 Å². The average Bonchev–Trinajstić information content (AvgIpc) is 2.92. The molecule has 1 aromatic rings. The maximum absolute atomic E-state index is 12.9. The number of nitrogens with zero attached hydrogens (tertiary/aromatic N) is 2. The van der Waals surface area contributed by atoms with Crippen LogP contribution in [0.25, 0.3) is 0 Å². The van der Waals surface area contributed by atoms with E-state index in [0.29, 0.717) is 24.3 Å². The summed E-state index contributed by atoms with van der Waals surface area (Å²) in [5.41, 5.74) is -0.315. The topological polar surface area (TPSA) is 130 Å². The Hall–Kier alpha value is -2.46. The summed E-state index contributed by atoms with van der Waals surface area (Å²) in [6.07, 6.45) is 2.86. The molecule has 10 heteroatoms. The Balaban J connectivity index is 1.71. The molecule has 1 aliphatic heterocycles. The summed E-state index contributed by atoms with van der Waals surface area (Å²) in [6.45, 7) is 3.49. The first-order chi connectivity index (χ1) is 13.9. The van der Waals surface area contributed by atoms with Gasteiger partial charge in [-0.3, -0.25) is 14.5 Å². The number of urea groups is 1. The first-order valence-electron chi connectivity index (χ1n) is 9.97. The van der Waals surface area contributed by atoms with Gasteiger partial charge in [-0.25, -0.2) is 18.4 Å². The molecule has 0 aromatic heterocycles. The van der Waals surface area contributed by atoms with Crippen LogP contribution in [-0.4, -0.2) is 55.2 Å².